The van der Waals surface area contributed by atoms with Crippen molar-refractivity contribution < 1.29 is 14.2 Å². The summed E-state index contributed by atoms with van der Waals surface area (Å²) in [6, 6.07) is 5.99. The van der Waals surface area contributed by atoms with Crippen LogP contribution in [0.3, 0.4) is 0 Å². The highest BCUT2D eigenvalue weighted by Gasteiger charge is 2.18. The molecule has 2 atom stereocenters. The zero-order valence-corrected chi connectivity index (χ0v) is 12.6. The Bertz CT molecular complexity index is 367. The second kappa shape index (κ2) is 9.06. The molecule has 0 radical (unpaired) electrons. The van der Waals surface area contributed by atoms with Gasteiger partial charge in [0.15, 0.2) is 0 Å². The highest BCUT2D eigenvalue weighted by molar-refractivity contribution is 5.19. The number of ether oxygens (including phenoxy) is 1. The van der Waals surface area contributed by atoms with Crippen LogP contribution in [0.2, 0.25) is 0 Å². The molecule has 0 bridgehead atoms. The molecule has 1 aromatic rings. The minimum absolute atomic E-state index is 0.0282. The first-order valence-corrected chi connectivity index (χ1v) is 7.33. The topological polar surface area (TPSA) is 41.5 Å². The van der Waals surface area contributed by atoms with E-state index in [1.54, 1.807) is 12.1 Å². The Hall–Kier alpha value is -0.970. The number of rotatable bonds is 9. The molecular formula is C16H26FNO2. The monoisotopic (exact) mass is 283 g/mol. The summed E-state index contributed by atoms with van der Waals surface area (Å²) in [7, 11) is 0. The van der Waals surface area contributed by atoms with E-state index in [9.17, 15) is 9.50 Å². The van der Waals surface area contributed by atoms with E-state index in [2.05, 4.69) is 5.32 Å². The average molecular weight is 283 g/mol. The second-order valence-electron chi connectivity index (χ2n) is 5.24. The van der Waals surface area contributed by atoms with E-state index < -0.39 is 6.10 Å². The smallest absolute Gasteiger partial charge is 0.123 e. The second-order valence-corrected chi connectivity index (χ2v) is 5.24. The first-order chi connectivity index (χ1) is 9.54. The van der Waals surface area contributed by atoms with Gasteiger partial charge in [-0.25, -0.2) is 4.39 Å². The molecule has 0 aliphatic carbocycles. The number of halogens is 1. The van der Waals surface area contributed by atoms with Gasteiger partial charge in [-0.3, -0.25) is 0 Å². The van der Waals surface area contributed by atoms with Crippen molar-refractivity contribution in [3.8, 4) is 0 Å². The van der Waals surface area contributed by atoms with Crippen molar-refractivity contribution in [3.05, 3.63) is 35.6 Å². The van der Waals surface area contributed by atoms with Crippen LogP contribution >= 0.6 is 0 Å². The fourth-order valence-corrected chi connectivity index (χ4v) is 2.05. The molecule has 114 valence electrons. The van der Waals surface area contributed by atoms with E-state index in [0.29, 0.717) is 6.61 Å². The van der Waals surface area contributed by atoms with Gasteiger partial charge in [-0.15, -0.1) is 0 Å². The van der Waals surface area contributed by atoms with E-state index in [4.69, 9.17) is 4.74 Å². The quantitative estimate of drug-likeness (QED) is 0.684. The minimum Gasteiger partial charge on any atom is -0.387 e. The van der Waals surface area contributed by atoms with Crippen LogP contribution in [0.15, 0.2) is 24.3 Å². The van der Waals surface area contributed by atoms with Crippen molar-refractivity contribution in [2.45, 2.75) is 51.9 Å². The lowest BCUT2D eigenvalue weighted by Gasteiger charge is -2.23. The number of nitrogens with one attached hydrogen (secondary N) is 1. The van der Waals surface area contributed by atoms with E-state index >= 15 is 0 Å². The third kappa shape index (κ3) is 5.99. The van der Waals surface area contributed by atoms with Gasteiger partial charge in [-0.05, 0) is 50.9 Å². The van der Waals surface area contributed by atoms with Crippen molar-refractivity contribution in [1.82, 2.24) is 5.32 Å². The summed E-state index contributed by atoms with van der Waals surface area (Å²) in [6.07, 6.45) is 1.35. The summed E-state index contributed by atoms with van der Waals surface area (Å²) in [6.45, 7) is 7.56. The van der Waals surface area contributed by atoms with Gasteiger partial charge in [-0.1, -0.05) is 19.1 Å². The molecule has 20 heavy (non-hydrogen) atoms. The van der Waals surface area contributed by atoms with Crippen molar-refractivity contribution in [2.24, 2.45) is 0 Å². The summed E-state index contributed by atoms with van der Waals surface area (Å²) in [5.41, 5.74) is 0.740. The average Bonchev–Trinajstić information content (AvgIpc) is 2.42. The maximum Gasteiger partial charge on any atom is 0.123 e. The lowest BCUT2D eigenvalue weighted by atomic mass is 10.0. The number of aliphatic hydroxyl groups is 1. The molecule has 0 fully saturated rings. The van der Waals surface area contributed by atoms with Crippen LogP contribution in [0.1, 0.15) is 45.3 Å². The Kier molecular flexibility index (Phi) is 7.73. The van der Waals surface area contributed by atoms with E-state index in [1.807, 2.05) is 20.8 Å². The largest absolute Gasteiger partial charge is 0.387 e. The molecule has 0 saturated heterocycles. The fourth-order valence-electron chi connectivity index (χ4n) is 2.05. The van der Waals surface area contributed by atoms with Crippen LogP contribution in [0.5, 0.6) is 0 Å². The van der Waals surface area contributed by atoms with Gasteiger partial charge in [0.05, 0.1) is 12.2 Å². The molecule has 0 saturated carbocycles. The van der Waals surface area contributed by atoms with Crippen molar-refractivity contribution >= 4 is 0 Å². The molecule has 0 aromatic heterocycles. The van der Waals surface area contributed by atoms with Crippen molar-refractivity contribution in [1.29, 1.82) is 0 Å². The van der Waals surface area contributed by atoms with Crippen LogP contribution in [0.4, 0.5) is 4.39 Å². The molecule has 1 aromatic carbocycles. The molecule has 0 spiro atoms. The standard InChI is InChI=1S/C16H26FNO2/c1-4-15(18-10-5-11-20-12(2)3)16(19)13-6-8-14(17)9-7-13/h6-9,12,15-16,18-19H,4-5,10-11H2,1-3H3. The summed E-state index contributed by atoms with van der Waals surface area (Å²) in [4.78, 5) is 0. The summed E-state index contributed by atoms with van der Waals surface area (Å²) >= 11 is 0. The molecule has 2 N–H and O–H groups in total. The number of hydrogen-bond acceptors (Lipinski definition) is 3. The Balaban J connectivity index is 2.39. The normalized spacial score (nSPS) is 14.5. The SMILES string of the molecule is CCC(NCCCOC(C)C)C(O)c1ccc(F)cc1. The highest BCUT2D eigenvalue weighted by atomic mass is 19.1. The van der Waals surface area contributed by atoms with Crippen LogP contribution in [0.25, 0.3) is 0 Å². The van der Waals surface area contributed by atoms with Crippen LogP contribution in [0, 0.1) is 5.82 Å². The third-order valence-electron chi connectivity index (χ3n) is 3.21. The van der Waals surface area contributed by atoms with Crippen molar-refractivity contribution in [3.63, 3.8) is 0 Å². The first-order valence-electron chi connectivity index (χ1n) is 7.33. The lowest BCUT2D eigenvalue weighted by Crippen LogP contribution is -2.35. The van der Waals surface area contributed by atoms with Gasteiger partial charge in [-0.2, -0.15) is 0 Å². The Morgan fingerprint density at radius 3 is 2.45 bits per heavy atom. The minimum atomic E-state index is -0.619. The lowest BCUT2D eigenvalue weighted by molar-refractivity contribution is 0.0739. The molecule has 0 amide bonds. The van der Waals surface area contributed by atoms with Gasteiger partial charge in [0.25, 0.3) is 0 Å². The van der Waals surface area contributed by atoms with Crippen LogP contribution in [-0.4, -0.2) is 30.4 Å². The zero-order valence-electron chi connectivity index (χ0n) is 12.6. The predicted molar refractivity (Wildman–Crippen MR) is 79.1 cm³/mol. The van der Waals surface area contributed by atoms with Gasteiger partial charge >= 0.3 is 0 Å². The molecule has 3 nitrogen and oxygen atoms in total. The van der Waals surface area contributed by atoms with Gasteiger partial charge in [0, 0.05) is 12.6 Å². The molecule has 0 heterocycles. The molecule has 0 aliphatic heterocycles. The Morgan fingerprint density at radius 1 is 1.25 bits per heavy atom. The molecule has 2 unspecified atom stereocenters. The fraction of sp³-hybridized carbons (Fsp3) is 0.625. The Labute approximate surface area is 121 Å². The molecule has 0 aliphatic rings. The maximum atomic E-state index is 12.9. The summed E-state index contributed by atoms with van der Waals surface area (Å²) < 4.78 is 18.3. The highest BCUT2D eigenvalue weighted by Crippen LogP contribution is 2.19. The molecule has 1 rings (SSSR count). The van der Waals surface area contributed by atoms with E-state index in [-0.39, 0.29) is 18.0 Å². The van der Waals surface area contributed by atoms with E-state index in [1.165, 1.54) is 12.1 Å². The molecule has 4 heteroatoms. The number of hydrogen-bond donors (Lipinski definition) is 2. The third-order valence-corrected chi connectivity index (χ3v) is 3.21. The van der Waals surface area contributed by atoms with Gasteiger partial charge in [0.1, 0.15) is 5.82 Å². The number of aliphatic hydroxyl groups excluding tert-OH is 1. The van der Waals surface area contributed by atoms with Gasteiger partial charge < -0.3 is 15.2 Å². The first kappa shape index (κ1) is 17.1. The summed E-state index contributed by atoms with van der Waals surface area (Å²) in [5, 5.41) is 13.6. The maximum absolute atomic E-state index is 12.9. The Morgan fingerprint density at radius 2 is 1.90 bits per heavy atom. The van der Waals surface area contributed by atoms with E-state index in [0.717, 1.165) is 24.9 Å². The van der Waals surface area contributed by atoms with Crippen molar-refractivity contribution in [2.75, 3.05) is 13.2 Å². The van der Waals surface area contributed by atoms with Gasteiger partial charge in [0.2, 0.25) is 0 Å². The van der Waals surface area contributed by atoms with Crippen LogP contribution < -0.4 is 5.32 Å². The zero-order chi connectivity index (χ0) is 15.0. The van der Waals surface area contributed by atoms with Crippen LogP contribution in [-0.2, 0) is 4.74 Å². The summed E-state index contributed by atoms with van der Waals surface area (Å²) in [5.74, 6) is -0.284. The predicted octanol–water partition coefficient (Wildman–Crippen LogP) is 3.04. The number of benzene rings is 1. The molecular weight excluding hydrogens is 257 g/mol.